The second-order valence-electron chi connectivity index (χ2n) is 4.97. The van der Waals surface area contributed by atoms with Crippen LogP contribution in [0.4, 0.5) is 0 Å². The SMILES string of the molecule is COC(=O)c1ccccc1-n1ncc2c1CCCC2N. The first-order valence-electron chi connectivity index (χ1n) is 6.72. The van der Waals surface area contributed by atoms with Crippen molar-refractivity contribution in [3.8, 4) is 5.69 Å². The van der Waals surface area contributed by atoms with Crippen LogP contribution in [0.25, 0.3) is 5.69 Å². The van der Waals surface area contributed by atoms with Crippen LogP contribution in [0.1, 0.15) is 40.5 Å². The second kappa shape index (κ2) is 5.09. The maximum absolute atomic E-state index is 11.9. The highest BCUT2D eigenvalue weighted by Crippen LogP contribution is 2.30. The number of carbonyl (C=O) groups excluding carboxylic acids is 1. The maximum Gasteiger partial charge on any atom is 0.340 e. The molecule has 5 heteroatoms. The zero-order valence-electron chi connectivity index (χ0n) is 11.4. The van der Waals surface area contributed by atoms with Gasteiger partial charge in [0.05, 0.1) is 24.6 Å². The van der Waals surface area contributed by atoms with Gasteiger partial charge in [-0.2, -0.15) is 5.10 Å². The number of para-hydroxylation sites is 1. The minimum absolute atomic E-state index is 0.0396. The second-order valence-corrected chi connectivity index (χ2v) is 4.97. The van der Waals surface area contributed by atoms with Crippen molar-refractivity contribution >= 4 is 5.97 Å². The van der Waals surface area contributed by atoms with Gasteiger partial charge < -0.3 is 10.5 Å². The van der Waals surface area contributed by atoms with E-state index in [0.717, 1.165) is 36.2 Å². The molecule has 2 N–H and O–H groups in total. The molecule has 1 unspecified atom stereocenters. The molecule has 0 spiro atoms. The lowest BCUT2D eigenvalue weighted by molar-refractivity contribution is 0.0600. The standard InChI is InChI=1S/C15H17N3O2/c1-20-15(19)10-5-2-3-7-13(10)18-14-8-4-6-12(16)11(14)9-17-18/h2-3,5,7,9,12H,4,6,8,16H2,1H3. The zero-order valence-corrected chi connectivity index (χ0v) is 11.4. The number of esters is 1. The quantitative estimate of drug-likeness (QED) is 0.848. The molecular weight excluding hydrogens is 254 g/mol. The van der Waals surface area contributed by atoms with Crippen LogP contribution in [-0.4, -0.2) is 22.9 Å². The van der Waals surface area contributed by atoms with Crippen LogP contribution >= 0.6 is 0 Å². The van der Waals surface area contributed by atoms with Gasteiger partial charge in [-0.3, -0.25) is 0 Å². The van der Waals surface area contributed by atoms with Crippen LogP contribution in [0.3, 0.4) is 0 Å². The van der Waals surface area contributed by atoms with E-state index in [1.165, 1.54) is 7.11 Å². The molecule has 1 aromatic carbocycles. The van der Waals surface area contributed by atoms with E-state index >= 15 is 0 Å². The molecule has 0 saturated carbocycles. The highest BCUT2D eigenvalue weighted by Gasteiger charge is 2.23. The van der Waals surface area contributed by atoms with Crippen molar-refractivity contribution in [1.29, 1.82) is 0 Å². The van der Waals surface area contributed by atoms with Gasteiger partial charge in [0.1, 0.15) is 0 Å². The Morgan fingerprint density at radius 3 is 3.05 bits per heavy atom. The number of ether oxygens (including phenoxy) is 1. The number of hydrogen-bond acceptors (Lipinski definition) is 4. The van der Waals surface area contributed by atoms with Crippen LogP contribution in [0.15, 0.2) is 30.5 Å². The molecule has 0 bridgehead atoms. The van der Waals surface area contributed by atoms with Crippen molar-refractivity contribution in [3.05, 3.63) is 47.3 Å². The Bertz CT molecular complexity index is 648. The van der Waals surface area contributed by atoms with Gasteiger partial charge in [-0.25, -0.2) is 9.48 Å². The summed E-state index contributed by atoms with van der Waals surface area (Å²) in [6.07, 6.45) is 4.77. The Morgan fingerprint density at radius 2 is 2.25 bits per heavy atom. The van der Waals surface area contributed by atoms with Crippen LogP contribution in [0.2, 0.25) is 0 Å². The molecule has 2 aromatic rings. The lowest BCUT2D eigenvalue weighted by Crippen LogP contribution is -2.18. The molecular formula is C15H17N3O2. The fraction of sp³-hybridized carbons (Fsp3) is 0.333. The normalized spacial score (nSPS) is 17.6. The molecule has 0 saturated heterocycles. The number of benzene rings is 1. The van der Waals surface area contributed by atoms with Crippen molar-refractivity contribution in [2.45, 2.75) is 25.3 Å². The van der Waals surface area contributed by atoms with Crippen LogP contribution in [0, 0.1) is 0 Å². The van der Waals surface area contributed by atoms with Gasteiger partial charge in [0.15, 0.2) is 0 Å². The molecule has 1 atom stereocenters. The van der Waals surface area contributed by atoms with E-state index in [2.05, 4.69) is 5.10 Å². The van der Waals surface area contributed by atoms with Crippen molar-refractivity contribution in [3.63, 3.8) is 0 Å². The van der Waals surface area contributed by atoms with Gasteiger partial charge in [0.25, 0.3) is 0 Å². The molecule has 1 aromatic heterocycles. The molecule has 0 fully saturated rings. The van der Waals surface area contributed by atoms with Gasteiger partial charge in [-0.15, -0.1) is 0 Å². The predicted molar refractivity (Wildman–Crippen MR) is 74.8 cm³/mol. The van der Waals surface area contributed by atoms with E-state index in [1.807, 2.05) is 29.1 Å². The lowest BCUT2D eigenvalue weighted by Gasteiger charge is -2.20. The largest absolute Gasteiger partial charge is 0.465 e. The third-order valence-corrected chi connectivity index (χ3v) is 3.77. The smallest absolute Gasteiger partial charge is 0.340 e. The highest BCUT2D eigenvalue weighted by molar-refractivity contribution is 5.93. The summed E-state index contributed by atoms with van der Waals surface area (Å²) < 4.78 is 6.66. The van der Waals surface area contributed by atoms with Crippen molar-refractivity contribution in [2.75, 3.05) is 7.11 Å². The monoisotopic (exact) mass is 271 g/mol. The first kappa shape index (κ1) is 12.9. The number of nitrogens with zero attached hydrogens (tertiary/aromatic N) is 2. The van der Waals surface area contributed by atoms with Crippen LogP contribution in [-0.2, 0) is 11.2 Å². The summed E-state index contributed by atoms with van der Waals surface area (Å²) in [6.45, 7) is 0. The topological polar surface area (TPSA) is 70.1 Å². The molecule has 104 valence electrons. The van der Waals surface area contributed by atoms with E-state index in [9.17, 15) is 4.79 Å². The molecule has 1 heterocycles. The average Bonchev–Trinajstić information content (AvgIpc) is 2.92. The Labute approximate surface area is 117 Å². The van der Waals surface area contributed by atoms with Gasteiger partial charge in [-0.1, -0.05) is 12.1 Å². The van der Waals surface area contributed by atoms with E-state index in [-0.39, 0.29) is 12.0 Å². The number of carbonyl (C=O) groups is 1. The Hall–Kier alpha value is -2.14. The first-order chi connectivity index (χ1) is 9.72. The minimum Gasteiger partial charge on any atom is -0.465 e. The number of rotatable bonds is 2. The molecule has 1 aliphatic rings. The van der Waals surface area contributed by atoms with E-state index in [1.54, 1.807) is 6.07 Å². The van der Waals surface area contributed by atoms with E-state index < -0.39 is 0 Å². The molecule has 0 aliphatic heterocycles. The summed E-state index contributed by atoms with van der Waals surface area (Å²) >= 11 is 0. The summed E-state index contributed by atoms with van der Waals surface area (Å²) in [4.78, 5) is 11.9. The van der Waals surface area contributed by atoms with E-state index in [0.29, 0.717) is 5.56 Å². The Balaban J connectivity index is 2.13. The third-order valence-electron chi connectivity index (χ3n) is 3.77. The van der Waals surface area contributed by atoms with Gasteiger partial charge in [-0.05, 0) is 31.4 Å². The number of fused-ring (bicyclic) bond motifs is 1. The average molecular weight is 271 g/mol. The number of methoxy groups -OCH3 is 1. The summed E-state index contributed by atoms with van der Waals surface area (Å²) in [6, 6.07) is 7.37. The van der Waals surface area contributed by atoms with Crippen LogP contribution in [0.5, 0.6) is 0 Å². The third kappa shape index (κ3) is 2.00. The number of nitrogens with two attached hydrogens (primary N) is 1. The molecule has 0 amide bonds. The summed E-state index contributed by atoms with van der Waals surface area (Å²) in [5.74, 6) is -0.357. The maximum atomic E-state index is 11.9. The molecule has 0 radical (unpaired) electrons. The Kier molecular flexibility index (Phi) is 3.28. The van der Waals surface area contributed by atoms with Crippen LogP contribution < -0.4 is 5.73 Å². The fourth-order valence-electron chi connectivity index (χ4n) is 2.74. The zero-order chi connectivity index (χ0) is 14.1. The minimum atomic E-state index is -0.357. The van der Waals surface area contributed by atoms with Gasteiger partial charge >= 0.3 is 5.97 Å². The molecule has 3 rings (SSSR count). The number of hydrogen-bond donors (Lipinski definition) is 1. The van der Waals surface area contributed by atoms with Crippen molar-refractivity contribution < 1.29 is 9.53 Å². The predicted octanol–water partition coefficient (Wildman–Crippen LogP) is 1.99. The van der Waals surface area contributed by atoms with Crippen molar-refractivity contribution in [1.82, 2.24) is 9.78 Å². The van der Waals surface area contributed by atoms with Gasteiger partial charge in [0.2, 0.25) is 0 Å². The lowest BCUT2D eigenvalue weighted by atomic mass is 9.93. The highest BCUT2D eigenvalue weighted by atomic mass is 16.5. The first-order valence-corrected chi connectivity index (χ1v) is 6.72. The summed E-state index contributed by atoms with van der Waals surface area (Å²) in [7, 11) is 1.38. The summed E-state index contributed by atoms with van der Waals surface area (Å²) in [5, 5.41) is 4.42. The number of aromatic nitrogens is 2. The molecule has 20 heavy (non-hydrogen) atoms. The molecule has 5 nitrogen and oxygen atoms in total. The van der Waals surface area contributed by atoms with E-state index in [4.69, 9.17) is 10.5 Å². The summed E-state index contributed by atoms with van der Waals surface area (Å²) in [5.41, 5.74) is 9.55. The fourth-order valence-corrected chi connectivity index (χ4v) is 2.74. The Morgan fingerprint density at radius 1 is 1.45 bits per heavy atom. The van der Waals surface area contributed by atoms with Gasteiger partial charge in [0, 0.05) is 17.3 Å². The van der Waals surface area contributed by atoms with Crippen molar-refractivity contribution in [2.24, 2.45) is 5.73 Å². The molecule has 1 aliphatic carbocycles.